The van der Waals surface area contributed by atoms with E-state index >= 15 is 0 Å². The molecule has 2 N–H and O–H groups in total. The SMILES string of the molecule is CCOC(=O)CS(=O)(=O)NC(C(=O)O)c1cccs1. The summed E-state index contributed by atoms with van der Waals surface area (Å²) in [6, 6.07) is 1.70. The normalized spacial score (nSPS) is 12.9. The van der Waals surface area contributed by atoms with Crippen LogP contribution in [0.5, 0.6) is 0 Å². The van der Waals surface area contributed by atoms with E-state index in [1.807, 2.05) is 4.72 Å². The van der Waals surface area contributed by atoms with E-state index in [0.29, 0.717) is 4.88 Å². The van der Waals surface area contributed by atoms with Crippen LogP contribution in [0.3, 0.4) is 0 Å². The third-order valence-corrected chi connectivity index (χ3v) is 4.13. The van der Waals surface area contributed by atoms with E-state index in [-0.39, 0.29) is 6.61 Å². The maximum Gasteiger partial charge on any atom is 0.327 e. The second-order valence-electron chi connectivity index (χ2n) is 3.47. The number of carboxylic acids is 1. The van der Waals surface area contributed by atoms with Crippen molar-refractivity contribution in [2.45, 2.75) is 13.0 Å². The smallest absolute Gasteiger partial charge is 0.327 e. The van der Waals surface area contributed by atoms with Crippen molar-refractivity contribution in [3.8, 4) is 0 Å². The number of thiophene rings is 1. The Hall–Kier alpha value is -1.45. The predicted molar refractivity (Wildman–Crippen MR) is 68.3 cm³/mol. The fourth-order valence-corrected chi connectivity index (χ4v) is 3.17. The molecule has 106 valence electrons. The van der Waals surface area contributed by atoms with Gasteiger partial charge in [0.2, 0.25) is 10.0 Å². The van der Waals surface area contributed by atoms with Crippen molar-refractivity contribution in [3.63, 3.8) is 0 Å². The number of carbonyl (C=O) groups excluding carboxylic acids is 1. The second-order valence-corrected chi connectivity index (χ2v) is 6.20. The van der Waals surface area contributed by atoms with E-state index in [2.05, 4.69) is 4.74 Å². The summed E-state index contributed by atoms with van der Waals surface area (Å²) in [4.78, 5) is 22.5. The Morgan fingerprint density at radius 2 is 2.21 bits per heavy atom. The third-order valence-electron chi connectivity index (χ3n) is 1.99. The maximum absolute atomic E-state index is 11.7. The summed E-state index contributed by atoms with van der Waals surface area (Å²) in [5.41, 5.74) is 0. The van der Waals surface area contributed by atoms with Crippen LogP contribution in [0.1, 0.15) is 17.8 Å². The average Bonchev–Trinajstić information content (AvgIpc) is 2.78. The van der Waals surface area contributed by atoms with Gasteiger partial charge in [-0.2, -0.15) is 4.72 Å². The molecule has 0 fully saturated rings. The molecule has 0 aliphatic heterocycles. The minimum atomic E-state index is -4.07. The Labute approximate surface area is 114 Å². The minimum Gasteiger partial charge on any atom is -0.480 e. The van der Waals surface area contributed by atoms with Gasteiger partial charge in [0.05, 0.1) is 6.61 Å². The van der Waals surface area contributed by atoms with Crippen LogP contribution < -0.4 is 4.72 Å². The zero-order chi connectivity index (χ0) is 14.5. The van der Waals surface area contributed by atoms with Gasteiger partial charge in [-0.15, -0.1) is 11.3 Å². The minimum absolute atomic E-state index is 0.0572. The van der Waals surface area contributed by atoms with E-state index in [4.69, 9.17) is 5.11 Å². The van der Waals surface area contributed by atoms with Gasteiger partial charge in [-0.3, -0.25) is 9.59 Å². The number of carbonyl (C=O) groups is 2. The van der Waals surface area contributed by atoms with E-state index in [0.717, 1.165) is 11.3 Å². The molecule has 1 unspecified atom stereocenters. The van der Waals surface area contributed by atoms with Crippen LogP contribution in [0.15, 0.2) is 17.5 Å². The van der Waals surface area contributed by atoms with E-state index in [9.17, 15) is 18.0 Å². The summed E-state index contributed by atoms with van der Waals surface area (Å²) < 4.78 is 29.8. The van der Waals surface area contributed by atoms with Gasteiger partial charge < -0.3 is 9.84 Å². The fraction of sp³-hybridized carbons (Fsp3) is 0.400. The molecule has 19 heavy (non-hydrogen) atoms. The van der Waals surface area contributed by atoms with Gasteiger partial charge in [-0.05, 0) is 18.4 Å². The topological polar surface area (TPSA) is 110 Å². The molecule has 1 rings (SSSR count). The summed E-state index contributed by atoms with van der Waals surface area (Å²) in [6.45, 7) is 1.60. The molecule has 0 radical (unpaired) electrons. The lowest BCUT2D eigenvalue weighted by Gasteiger charge is -2.12. The Morgan fingerprint density at radius 1 is 1.53 bits per heavy atom. The van der Waals surface area contributed by atoms with Crippen molar-refractivity contribution in [1.82, 2.24) is 4.72 Å². The van der Waals surface area contributed by atoms with E-state index in [1.165, 1.54) is 6.07 Å². The zero-order valence-electron chi connectivity index (χ0n) is 10.0. The molecule has 0 amide bonds. The number of carboxylic acid groups (broad SMARTS) is 1. The second kappa shape index (κ2) is 6.64. The molecule has 1 aromatic rings. The molecular weight excluding hydrogens is 294 g/mol. The molecular formula is C10H13NO6S2. The molecule has 1 atom stereocenters. The molecule has 0 bridgehead atoms. The summed E-state index contributed by atoms with van der Waals surface area (Å²) in [7, 11) is -4.07. The first-order valence-corrected chi connectivity index (χ1v) is 7.80. The summed E-state index contributed by atoms with van der Waals surface area (Å²) >= 11 is 1.11. The first-order valence-electron chi connectivity index (χ1n) is 5.27. The first-order chi connectivity index (χ1) is 8.85. The van der Waals surface area contributed by atoms with Crippen LogP contribution in [0, 0.1) is 0 Å². The van der Waals surface area contributed by atoms with Crippen LogP contribution in [-0.4, -0.2) is 37.8 Å². The molecule has 9 heteroatoms. The highest BCUT2D eigenvalue weighted by Gasteiger charge is 2.28. The monoisotopic (exact) mass is 307 g/mol. The van der Waals surface area contributed by atoms with Gasteiger partial charge in [-0.25, -0.2) is 8.42 Å². The van der Waals surface area contributed by atoms with Crippen LogP contribution in [0.25, 0.3) is 0 Å². The number of sulfonamides is 1. The number of aliphatic carboxylic acids is 1. The quantitative estimate of drug-likeness (QED) is 0.704. The number of hydrogen-bond acceptors (Lipinski definition) is 6. The lowest BCUT2D eigenvalue weighted by atomic mass is 10.3. The van der Waals surface area contributed by atoms with Crippen LogP contribution in [0.4, 0.5) is 0 Å². The first kappa shape index (κ1) is 15.6. The molecule has 0 aliphatic rings. The zero-order valence-corrected chi connectivity index (χ0v) is 11.7. The average molecular weight is 307 g/mol. The van der Waals surface area contributed by atoms with Gasteiger partial charge >= 0.3 is 11.9 Å². The number of nitrogens with one attached hydrogen (secondary N) is 1. The standard InChI is InChI=1S/C10H13NO6S2/c1-2-17-8(12)6-19(15,16)11-9(10(13)14)7-4-3-5-18-7/h3-5,9,11H,2,6H2,1H3,(H,13,14). The molecule has 7 nitrogen and oxygen atoms in total. The van der Waals surface area contributed by atoms with Crippen LogP contribution in [-0.2, 0) is 24.3 Å². The summed E-state index contributed by atoms with van der Waals surface area (Å²) in [5, 5.41) is 10.6. The van der Waals surface area contributed by atoms with Gasteiger partial charge in [0.1, 0.15) is 0 Å². The van der Waals surface area contributed by atoms with E-state index in [1.54, 1.807) is 18.4 Å². The Morgan fingerprint density at radius 3 is 2.68 bits per heavy atom. The molecule has 0 aromatic carbocycles. The van der Waals surface area contributed by atoms with E-state index < -0.39 is 33.8 Å². The largest absolute Gasteiger partial charge is 0.480 e. The maximum atomic E-state index is 11.7. The van der Waals surface area contributed by atoms with Crippen molar-refractivity contribution >= 4 is 33.3 Å². The third kappa shape index (κ3) is 4.97. The molecule has 0 spiro atoms. The summed E-state index contributed by atoms with van der Waals surface area (Å²) in [6.07, 6.45) is 0. The fourth-order valence-electron chi connectivity index (χ4n) is 1.26. The Bertz CT molecular complexity index is 536. The van der Waals surface area contributed by atoms with Gasteiger partial charge in [0.15, 0.2) is 11.8 Å². The molecule has 0 saturated heterocycles. The van der Waals surface area contributed by atoms with Crippen LogP contribution in [0.2, 0.25) is 0 Å². The molecule has 1 aromatic heterocycles. The van der Waals surface area contributed by atoms with Crippen molar-refractivity contribution < 1.29 is 27.9 Å². The summed E-state index contributed by atoms with van der Waals surface area (Å²) in [5.74, 6) is -3.17. The number of rotatable bonds is 7. The van der Waals surface area contributed by atoms with Gasteiger partial charge in [0, 0.05) is 4.88 Å². The number of ether oxygens (including phenoxy) is 1. The highest BCUT2D eigenvalue weighted by atomic mass is 32.2. The van der Waals surface area contributed by atoms with Crippen molar-refractivity contribution in [2.24, 2.45) is 0 Å². The van der Waals surface area contributed by atoms with Crippen LogP contribution >= 0.6 is 11.3 Å². The Balaban J connectivity index is 2.79. The van der Waals surface area contributed by atoms with Crippen molar-refractivity contribution in [1.29, 1.82) is 0 Å². The Kier molecular flexibility index (Phi) is 5.45. The number of esters is 1. The molecule has 0 saturated carbocycles. The lowest BCUT2D eigenvalue weighted by Crippen LogP contribution is -2.37. The lowest BCUT2D eigenvalue weighted by molar-refractivity contribution is -0.141. The predicted octanol–water partition coefficient (Wildman–Crippen LogP) is 0.356. The highest BCUT2D eigenvalue weighted by Crippen LogP contribution is 2.20. The molecule has 1 heterocycles. The van der Waals surface area contributed by atoms with Gasteiger partial charge in [-0.1, -0.05) is 6.07 Å². The molecule has 0 aliphatic carbocycles. The van der Waals surface area contributed by atoms with Crippen molar-refractivity contribution in [3.05, 3.63) is 22.4 Å². The number of hydrogen-bond donors (Lipinski definition) is 2. The van der Waals surface area contributed by atoms with Gasteiger partial charge in [0.25, 0.3) is 0 Å². The van der Waals surface area contributed by atoms with Crippen molar-refractivity contribution in [2.75, 3.05) is 12.4 Å². The highest BCUT2D eigenvalue weighted by molar-refractivity contribution is 7.90.